The molecule has 0 N–H and O–H groups in total. The average molecular weight is 400 g/mol. The number of nitro groups is 1. The van der Waals surface area contributed by atoms with Gasteiger partial charge >= 0.3 is 0 Å². The lowest BCUT2D eigenvalue weighted by Gasteiger charge is -2.20. The normalized spacial score (nSPS) is 11.4. The number of nitro benzene ring substituents is 1. The molecule has 146 valence electrons. The van der Waals surface area contributed by atoms with Crippen LogP contribution in [-0.4, -0.2) is 33.8 Å². The Labute approximate surface area is 163 Å². The maximum absolute atomic E-state index is 11.7. The molecule has 0 aliphatic carbocycles. The first kappa shape index (κ1) is 19.6. The van der Waals surface area contributed by atoms with Gasteiger partial charge in [-0.2, -0.15) is 0 Å². The fourth-order valence-corrected chi connectivity index (χ4v) is 3.70. The lowest BCUT2D eigenvalue weighted by atomic mass is 10.1. The van der Waals surface area contributed by atoms with Gasteiger partial charge in [0.2, 0.25) is 0 Å². The molecule has 28 heavy (non-hydrogen) atoms. The first-order valence-corrected chi connectivity index (χ1v) is 10.3. The van der Waals surface area contributed by atoms with Crippen LogP contribution in [0.25, 0.3) is 10.8 Å². The molecule has 0 bridgehead atoms. The SMILES string of the molecule is COc1ccc2cc(CN(C)c3ccc(S(C)(=O)=O)cc3[N+](=O)[O-])ccc2c1. The molecular weight excluding hydrogens is 380 g/mol. The summed E-state index contributed by atoms with van der Waals surface area (Å²) in [6, 6.07) is 15.7. The molecule has 0 radical (unpaired) electrons. The fourth-order valence-electron chi connectivity index (χ4n) is 3.06. The minimum absolute atomic E-state index is 0.0731. The fraction of sp³-hybridized carbons (Fsp3) is 0.200. The third kappa shape index (κ3) is 4.07. The van der Waals surface area contributed by atoms with Crippen LogP contribution in [0.2, 0.25) is 0 Å². The number of ether oxygens (including phenoxy) is 1. The standard InChI is InChI=1S/C20H20N2O5S/c1-21(19-9-8-18(28(3,25)26)12-20(19)22(23)24)13-14-4-5-16-11-17(27-2)7-6-15(16)10-14/h4-12H,13H2,1-3H3. The zero-order valence-electron chi connectivity index (χ0n) is 15.7. The van der Waals surface area contributed by atoms with Gasteiger partial charge in [-0.1, -0.05) is 18.2 Å². The largest absolute Gasteiger partial charge is 0.497 e. The predicted octanol–water partition coefficient (Wildman–Crippen LogP) is 3.80. The highest BCUT2D eigenvalue weighted by Gasteiger charge is 2.21. The van der Waals surface area contributed by atoms with Crippen molar-refractivity contribution < 1.29 is 18.1 Å². The van der Waals surface area contributed by atoms with Gasteiger partial charge in [0.15, 0.2) is 9.84 Å². The van der Waals surface area contributed by atoms with E-state index in [0.29, 0.717) is 12.2 Å². The molecule has 3 aromatic carbocycles. The van der Waals surface area contributed by atoms with Gasteiger partial charge in [-0.15, -0.1) is 0 Å². The van der Waals surface area contributed by atoms with E-state index in [9.17, 15) is 18.5 Å². The van der Waals surface area contributed by atoms with Crippen LogP contribution >= 0.6 is 0 Å². The smallest absolute Gasteiger partial charge is 0.293 e. The lowest BCUT2D eigenvalue weighted by Crippen LogP contribution is -2.18. The number of hydrogen-bond acceptors (Lipinski definition) is 6. The van der Waals surface area contributed by atoms with Gasteiger partial charge in [0, 0.05) is 25.9 Å². The summed E-state index contributed by atoms with van der Waals surface area (Å²) in [4.78, 5) is 12.6. The zero-order valence-corrected chi connectivity index (χ0v) is 16.6. The molecule has 0 heterocycles. The second-order valence-electron chi connectivity index (χ2n) is 6.58. The minimum Gasteiger partial charge on any atom is -0.497 e. The van der Waals surface area contributed by atoms with Gasteiger partial charge in [0.1, 0.15) is 11.4 Å². The molecular formula is C20H20N2O5S. The van der Waals surface area contributed by atoms with Gasteiger partial charge < -0.3 is 9.64 Å². The Morgan fingerprint density at radius 2 is 1.71 bits per heavy atom. The van der Waals surface area contributed by atoms with Crippen molar-refractivity contribution in [2.24, 2.45) is 0 Å². The molecule has 0 spiro atoms. The van der Waals surface area contributed by atoms with Gasteiger partial charge in [0.05, 0.1) is 16.9 Å². The minimum atomic E-state index is -3.52. The number of methoxy groups -OCH3 is 1. The van der Waals surface area contributed by atoms with Crippen LogP contribution in [0.5, 0.6) is 5.75 Å². The molecule has 3 rings (SSSR count). The van der Waals surface area contributed by atoms with Gasteiger partial charge in [-0.3, -0.25) is 10.1 Å². The Balaban J connectivity index is 1.93. The summed E-state index contributed by atoms with van der Waals surface area (Å²) in [6.07, 6.45) is 1.03. The number of nitrogens with zero attached hydrogens (tertiary/aromatic N) is 2. The van der Waals surface area contributed by atoms with Crippen molar-refractivity contribution in [3.63, 3.8) is 0 Å². The Morgan fingerprint density at radius 1 is 1.04 bits per heavy atom. The Bertz CT molecular complexity index is 1160. The quantitative estimate of drug-likeness (QED) is 0.462. The second-order valence-corrected chi connectivity index (χ2v) is 8.60. The molecule has 0 atom stereocenters. The summed E-state index contributed by atoms with van der Waals surface area (Å²) >= 11 is 0. The number of hydrogen-bond donors (Lipinski definition) is 0. The summed E-state index contributed by atoms with van der Waals surface area (Å²) < 4.78 is 28.6. The first-order valence-electron chi connectivity index (χ1n) is 8.45. The molecule has 3 aromatic rings. The van der Waals surface area contributed by atoms with Crippen LogP contribution in [0.1, 0.15) is 5.56 Å². The molecule has 0 saturated heterocycles. The molecule has 0 saturated carbocycles. The lowest BCUT2D eigenvalue weighted by molar-refractivity contribution is -0.384. The van der Waals surface area contributed by atoms with Crippen molar-refractivity contribution in [1.82, 2.24) is 0 Å². The van der Waals surface area contributed by atoms with Crippen LogP contribution in [0.15, 0.2) is 59.5 Å². The molecule has 0 amide bonds. The zero-order chi connectivity index (χ0) is 20.5. The second kappa shape index (κ2) is 7.47. The third-order valence-electron chi connectivity index (χ3n) is 4.51. The summed E-state index contributed by atoms with van der Waals surface area (Å²) in [6.45, 7) is 0.432. The highest BCUT2D eigenvalue weighted by Crippen LogP contribution is 2.31. The molecule has 8 heteroatoms. The summed E-state index contributed by atoms with van der Waals surface area (Å²) in [5.41, 5.74) is 1.09. The molecule has 0 fully saturated rings. The Kier molecular flexibility index (Phi) is 5.24. The van der Waals surface area contributed by atoms with E-state index in [2.05, 4.69) is 0 Å². The maximum atomic E-state index is 11.7. The van der Waals surface area contributed by atoms with E-state index < -0.39 is 14.8 Å². The summed E-state index contributed by atoms with van der Waals surface area (Å²) in [5, 5.41) is 13.5. The number of rotatable bonds is 6. The number of sulfone groups is 1. The summed E-state index contributed by atoms with van der Waals surface area (Å²) in [7, 11) is -0.169. The monoisotopic (exact) mass is 400 g/mol. The van der Waals surface area contributed by atoms with Crippen molar-refractivity contribution in [1.29, 1.82) is 0 Å². The molecule has 0 unspecified atom stereocenters. The third-order valence-corrected chi connectivity index (χ3v) is 5.62. The van der Waals surface area contributed by atoms with E-state index in [4.69, 9.17) is 4.74 Å². The van der Waals surface area contributed by atoms with Crippen LogP contribution in [0.4, 0.5) is 11.4 Å². The average Bonchev–Trinajstić information content (AvgIpc) is 2.66. The summed E-state index contributed by atoms with van der Waals surface area (Å²) in [5.74, 6) is 0.777. The van der Waals surface area contributed by atoms with Crippen molar-refractivity contribution in [3.8, 4) is 5.75 Å². The van der Waals surface area contributed by atoms with Crippen molar-refractivity contribution in [2.45, 2.75) is 11.4 Å². The molecule has 0 aromatic heterocycles. The Hall–Kier alpha value is -3.13. The van der Waals surface area contributed by atoms with E-state index in [1.54, 1.807) is 19.1 Å². The van der Waals surface area contributed by atoms with E-state index in [1.807, 2.05) is 36.4 Å². The number of benzene rings is 3. The van der Waals surface area contributed by atoms with Crippen molar-refractivity contribution in [3.05, 3.63) is 70.3 Å². The maximum Gasteiger partial charge on any atom is 0.293 e. The van der Waals surface area contributed by atoms with Crippen molar-refractivity contribution in [2.75, 3.05) is 25.3 Å². The topological polar surface area (TPSA) is 89.8 Å². The highest BCUT2D eigenvalue weighted by molar-refractivity contribution is 7.90. The van der Waals surface area contributed by atoms with Crippen molar-refractivity contribution >= 4 is 32.0 Å². The predicted molar refractivity (Wildman–Crippen MR) is 109 cm³/mol. The molecule has 7 nitrogen and oxygen atoms in total. The molecule has 0 aliphatic rings. The number of fused-ring (bicyclic) bond motifs is 1. The van der Waals surface area contributed by atoms with E-state index in [-0.39, 0.29) is 10.6 Å². The van der Waals surface area contributed by atoms with E-state index >= 15 is 0 Å². The first-order chi connectivity index (χ1) is 13.2. The van der Waals surface area contributed by atoms with Crippen LogP contribution in [-0.2, 0) is 16.4 Å². The van der Waals surface area contributed by atoms with Gasteiger partial charge in [0.25, 0.3) is 5.69 Å². The van der Waals surface area contributed by atoms with E-state index in [0.717, 1.165) is 34.4 Å². The highest BCUT2D eigenvalue weighted by atomic mass is 32.2. The van der Waals surface area contributed by atoms with Gasteiger partial charge in [-0.25, -0.2) is 8.42 Å². The van der Waals surface area contributed by atoms with Crippen LogP contribution in [0, 0.1) is 10.1 Å². The van der Waals surface area contributed by atoms with E-state index in [1.165, 1.54) is 12.1 Å². The number of anilines is 1. The molecule has 0 aliphatic heterocycles. The Morgan fingerprint density at radius 3 is 2.36 bits per heavy atom. The van der Waals surface area contributed by atoms with Crippen LogP contribution < -0.4 is 9.64 Å². The van der Waals surface area contributed by atoms with Crippen LogP contribution in [0.3, 0.4) is 0 Å². The van der Waals surface area contributed by atoms with Gasteiger partial charge in [-0.05, 0) is 46.7 Å².